The SMILES string of the molecule is CCOc1ccnc(NCCCN2CCCCC2C)n1. The second-order valence-electron chi connectivity index (χ2n) is 5.31. The zero-order chi connectivity index (χ0) is 14.2. The van der Waals surface area contributed by atoms with E-state index in [2.05, 4.69) is 27.1 Å². The number of ether oxygens (including phenoxy) is 1. The van der Waals surface area contributed by atoms with Gasteiger partial charge in [0.15, 0.2) is 0 Å². The Labute approximate surface area is 121 Å². The fraction of sp³-hybridized carbons (Fsp3) is 0.733. The molecule has 0 amide bonds. The molecule has 1 aromatic rings. The Kier molecular flexibility index (Phi) is 6.05. The molecule has 0 aromatic carbocycles. The van der Waals surface area contributed by atoms with E-state index in [0.29, 0.717) is 18.4 Å². The number of rotatable bonds is 7. The molecule has 0 radical (unpaired) electrons. The Hall–Kier alpha value is -1.36. The van der Waals surface area contributed by atoms with Crippen molar-refractivity contribution in [1.82, 2.24) is 14.9 Å². The number of likely N-dealkylation sites (tertiary alicyclic amines) is 1. The summed E-state index contributed by atoms with van der Waals surface area (Å²) in [7, 11) is 0. The van der Waals surface area contributed by atoms with Gasteiger partial charge in [-0.1, -0.05) is 6.42 Å². The number of nitrogens with zero attached hydrogens (tertiary/aromatic N) is 3. The number of aromatic nitrogens is 2. The van der Waals surface area contributed by atoms with Gasteiger partial charge in [-0.2, -0.15) is 4.98 Å². The second-order valence-corrected chi connectivity index (χ2v) is 5.31. The van der Waals surface area contributed by atoms with Gasteiger partial charge in [-0.15, -0.1) is 0 Å². The van der Waals surface area contributed by atoms with Crippen LogP contribution in [-0.4, -0.2) is 47.2 Å². The van der Waals surface area contributed by atoms with Crippen molar-refractivity contribution in [3.05, 3.63) is 12.3 Å². The van der Waals surface area contributed by atoms with Crippen molar-refractivity contribution in [2.45, 2.75) is 45.6 Å². The molecule has 1 atom stereocenters. The molecule has 0 saturated carbocycles. The lowest BCUT2D eigenvalue weighted by atomic mass is 10.0. The first-order chi connectivity index (χ1) is 9.79. The summed E-state index contributed by atoms with van der Waals surface area (Å²) >= 11 is 0. The summed E-state index contributed by atoms with van der Waals surface area (Å²) < 4.78 is 5.36. The van der Waals surface area contributed by atoms with Crippen LogP contribution in [0.25, 0.3) is 0 Å². The molecule has 1 aromatic heterocycles. The van der Waals surface area contributed by atoms with Crippen LogP contribution in [0.5, 0.6) is 5.88 Å². The van der Waals surface area contributed by atoms with Gasteiger partial charge in [-0.3, -0.25) is 0 Å². The van der Waals surface area contributed by atoms with Crippen molar-refractivity contribution >= 4 is 5.95 Å². The van der Waals surface area contributed by atoms with Gasteiger partial charge in [0.2, 0.25) is 11.8 Å². The molecule has 112 valence electrons. The number of hydrogen-bond donors (Lipinski definition) is 1. The molecule has 0 bridgehead atoms. The van der Waals surface area contributed by atoms with Crippen molar-refractivity contribution in [3.8, 4) is 5.88 Å². The van der Waals surface area contributed by atoms with Gasteiger partial charge < -0.3 is 15.0 Å². The quantitative estimate of drug-likeness (QED) is 0.777. The van der Waals surface area contributed by atoms with Gasteiger partial charge in [-0.25, -0.2) is 4.98 Å². The van der Waals surface area contributed by atoms with Crippen LogP contribution >= 0.6 is 0 Å². The normalized spacial score (nSPS) is 19.8. The topological polar surface area (TPSA) is 50.3 Å². The standard InChI is InChI=1S/C15H26N4O/c1-3-20-14-8-10-17-15(18-14)16-9-6-12-19-11-5-4-7-13(19)2/h8,10,13H,3-7,9,11-12H2,1-2H3,(H,16,17,18). The predicted octanol–water partition coefficient (Wildman–Crippen LogP) is 2.55. The van der Waals surface area contributed by atoms with Crippen molar-refractivity contribution in [2.24, 2.45) is 0 Å². The van der Waals surface area contributed by atoms with Gasteiger partial charge in [0, 0.05) is 31.4 Å². The van der Waals surface area contributed by atoms with Crippen LogP contribution in [0.4, 0.5) is 5.95 Å². The average molecular weight is 278 g/mol. The molecule has 5 heteroatoms. The van der Waals surface area contributed by atoms with Gasteiger partial charge in [0.25, 0.3) is 0 Å². The van der Waals surface area contributed by atoms with Crippen LogP contribution in [0.3, 0.4) is 0 Å². The third-order valence-electron chi connectivity index (χ3n) is 3.77. The van der Waals surface area contributed by atoms with E-state index in [9.17, 15) is 0 Å². The number of nitrogens with one attached hydrogen (secondary N) is 1. The fourth-order valence-electron chi connectivity index (χ4n) is 2.63. The summed E-state index contributed by atoms with van der Waals surface area (Å²) in [6.07, 6.45) is 6.91. The van der Waals surface area contributed by atoms with E-state index in [4.69, 9.17) is 4.74 Å². The lowest BCUT2D eigenvalue weighted by Gasteiger charge is -2.33. The minimum atomic E-state index is 0.628. The molecule has 1 aliphatic rings. The van der Waals surface area contributed by atoms with E-state index >= 15 is 0 Å². The lowest BCUT2D eigenvalue weighted by molar-refractivity contribution is 0.160. The first-order valence-electron chi connectivity index (χ1n) is 7.73. The van der Waals surface area contributed by atoms with E-state index < -0.39 is 0 Å². The predicted molar refractivity (Wildman–Crippen MR) is 81.2 cm³/mol. The molecular weight excluding hydrogens is 252 g/mol. The highest BCUT2D eigenvalue weighted by Gasteiger charge is 2.16. The smallest absolute Gasteiger partial charge is 0.225 e. The summed E-state index contributed by atoms with van der Waals surface area (Å²) in [4.78, 5) is 11.1. The third-order valence-corrected chi connectivity index (χ3v) is 3.77. The molecule has 1 aliphatic heterocycles. The van der Waals surface area contributed by atoms with E-state index in [-0.39, 0.29) is 0 Å². The average Bonchev–Trinajstić information content (AvgIpc) is 2.46. The van der Waals surface area contributed by atoms with Crippen LogP contribution in [0.1, 0.15) is 39.5 Å². The van der Waals surface area contributed by atoms with Gasteiger partial charge >= 0.3 is 0 Å². The maximum Gasteiger partial charge on any atom is 0.225 e. The highest BCUT2D eigenvalue weighted by atomic mass is 16.5. The fourth-order valence-corrected chi connectivity index (χ4v) is 2.63. The van der Waals surface area contributed by atoms with Crippen molar-refractivity contribution in [3.63, 3.8) is 0 Å². The zero-order valence-corrected chi connectivity index (χ0v) is 12.6. The number of hydrogen-bond acceptors (Lipinski definition) is 5. The minimum absolute atomic E-state index is 0.628. The Morgan fingerprint density at radius 3 is 3.15 bits per heavy atom. The molecular formula is C15H26N4O. The van der Waals surface area contributed by atoms with Crippen LogP contribution in [0.15, 0.2) is 12.3 Å². The summed E-state index contributed by atoms with van der Waals surface area (Å²) in [5, 5.41) is 3.27. The van der Waals surface area contributed by atoms with Crippen LogP contribution < -0.4 is 10.1 Å². The first-order valence-corrected chi connectivity index (χ1v) is 7.73. The molecule has 1 N–H and O–H groups in total. The number of anilines is 1. The summed E-state index contributed by atoms with van der Waals surface area (Å²) in [5.41, 5.74) is 0. The molecule has 0 spiro atoms. The van der Waals surface area contributed by atoms with E-state index in [1.54, 1.807) is 12.3 Å². The lowest BCUT2D eigenvalue weighted by Crippen LogP contribution is -2.38. The van der Waals surface area contributed by atoms with Gasteiger partial charge in [0.1, 0.15) is 0 Å². The van der Waals surface area contributed by atoms with E-state index in [1.165, 1.54) is 25.8 Å². The maximum atomic E-state index is 5.36. The third kappa shape index (κ3) is 4.63. The van der Waals surface area contributed by atoms with E-state index in [1.807, 2.05) is 6.92 Å². The summed E-state index contributed by atoms with van der Waals surface area (Å²) in [6, 6.07) is 2.52. The van der Waals surface area contributed by atoms with E-state index in [0.717, 1.165) is 25.6 Å². The maximum absolute atomic E-state index is 5.36. The highest BCUT2D eigenvalue weighted by Crippen LogP contribution is 2.16. The molecule has 1 saturated heterocycles. The Bertz CT molecular complexity index is 399. The van der Waals surface area contributed by atoms with Crippen LogP contribution in [-0.2, 0) is 0 Å². The molecule has 5 nitrogen and oxygen atoms in total. The molecule has 2 heterocycles. The highest BCUT2D eigenvalue weighted by molar-refractivity contribution is 5.27. The minimum Gasteiger partial charge on any atom is -0.478 e. The monoisotopic (exact) mass is 278 g/mol. The van der Waals surface area contributed by atoms with Gasteiger partial charge in [0.05, 0.1) is 6.61 Å². The zero-order valence-electron chi connectivity index (χ0n) is 12.6. The van der Waals surface area contributed by atoms with Crippen LogP contribution in [0.2, 0.25) is 0 Å². The molecule has 2 rings (SSSR count). The Morgan fingerprint density at radius 2 is 2.35 bits per heavy atom. The Morgan fingerprint density at radius 1 is 1.45 bits per heavy atom. The summed E-state index contributed by atoms with van der Waals surface area (Å²) in [6.45, 7) is 8.22. The van der Waals surface area contributed by atoms with Gasteiger partial charge in [-0.05, 0) is 39.7 Å². The molecule has 20 heavy (non-hydrogen) atoms. The first kappa shape index (κ1) is 15.0. The largest absolute Gasteiger partial charge is 0.478 e. The summed E-state index contributed by atoms with van der Waals surface area (Å²) in [5.74, 6) is 1.29. The van der Waals surface area contributed by atoms with Crippen LogP contribution in [0, 0.1) is 0 Å². The van der Waals surface area contributed by atoms with Crippen molar-refractivity contribution in [2.75, 3.05) is 31.6 Å². The molecule has 1 unspecified atom stereocenters. The number of piperidine rings is 1. The Balaban J connectivity index is 1.68. The molecule has 1 fully saturated rings. The van der Waals surface area contributed by atoms with Crippen molar-refractivity contribution in [1.29, 1.82) is 0 Å². The molecule has 0 aliphatic carbocycles. The van der Waals surface area contributed by atoms with Crippen molar-refractivity contribution < 1.29 is 4.74 Å². The second kappa shape index (κ2) is 8.04.